The second-order valence-corrected chi connectivity index (χ2v) is 6.83. The van der Waals surface area contributed by atoms with E-state index in [1.165, 1.54) is 29.3 Å². The molecule has 0 aromatic carbocycles. The summed E-state index contributed by atoms with van der Waals surface area (Å²) in [6, 6.07) is 0. The van der Waals surface area contributed by atoms with E-state index in [1.807, 2.05) is 0 Å². The fourth-order valence-corrected chi connectivity index (χ4v) is 4.01. The van der Waals surface area contributed by atoms with Crippen molar-refractivity contribution in [2.45, 2.75) is 22.0 Å². The van der Waals surface area contributed by atoms with E-state index in [0.29, 0.717) is 20.3 Å². The lowest BCUT2D eigenvalue weighted by Crippen LogP contribution is -2.07. The van der Waals surface area contributed by atoms with Crippen LogP contribution in [0.2, 0.25) is 0 Å². The molecule has 11 heteroatoms. The van der Waals surface area contributed by atoms with Crippen LogP contribution in [0, 0.1) is 10.1 Å². The average Bonchev–Trinajstić information content (AvgIpc) is 3.00. The molecule has 0 saturated heterocycles. The number of carbonyl (C=O) groups is 1. The molecule has 0 N–H and O–H groups in total. The Morgan fingerprint density at radius 1 is 1.45 bits per heavy atom. The predicted molar refractivity (Wildman–Crippen MR) is 73.1 cm³/mol. The first-order chi connectivity index (χ1) is 9.58. The van der Waals surface area contributed by atoms with Gasteiger partial charge in [0.2, 0.25) is 0 Å². The molecule has 2 aromatic heterocycles. The molecule has 0 aliphatic rings. The molecule has 2 rings (SSSR count). The topological polar surface area (TPSA) is 108 Å². The maximum Gasteiger partial charge on any atom is 0.344 e. The third kappa shape index (κ3) is 3.95. The van der Waals surface area contributed by atoms with Gasteiger partial charge in [0.15, 0.2) is 8.68 Å². The Bertz CT molecular complexity index is 626. The van der Waals surface area contributed by atoms with Gasteiger partial charge in [-0.1, -0.05) is 11.3 Å². The van der Waals surface area contributed by atoms with Gasteiger partial charge in [0.1, 0.15) is 11.2 Å². The summed E-state index contributed by atoms with van der Waals surface area (Å²) >= 11 is 3.39. The van der Waals surface area contributed by atoms with Crippen LogP contribution < -0.4 is 0 Å². The van der Waals surface area contributed by atoms with Gasteiger partial charge >= 0.3 is 11.0 Å². The van der Waals surface area contributed by atoms with Crippen molar-refractivity contribution in [3.05, 3.63) is 21.3 Å². The summed E-state index contributed by atoms with van der Waals surface area (Å²) in [6.45, 7) is 2.05. The van der Waals surface area contributed by atoms with Crippen molar-refractivity contribution in [2.75, 3.05) is 6.61 Å². The second kappa shape index (κ2) is 6.72. The van der Waals surface area contributed by atoms with Gasteiger partial charge in [0.25, 0.3) is 0 Å². The van der Waals surface area contributed by atoms with Crippen LogP contribution in [0.5, 0.6) is 0 Å². The highest BCUT2D eigenvalue weighted by atomic mass is 32.2. The van der Waals surface area contributed by atoms with E-state index in [-0.39, 0.29) is 17.4 Å². The Labute approximate surface area is 125 Å². The zero-order chi connectivity index (χ0) is 14.5. The Hall–Kier alpha value is -1.59. The van der Waals surface area contributed by atoms with Gasteiger partial charge < -0.3 is 4.74 Å². The molecule has 106 valence electrons. The highest BCUT2D eigenvalue weighted by Crippen LogP contribution is 2.35. The molecule has 0 radical (unpaired) electrons. The van der Waals surface area contributed by atoms with Crippen molar-refractivity contribution in [3.8, 4) is 0 Å². The number of carbonyl (C=O) groups excluding carboxylic acids is 1. The van der Waals surface area contributed by atoms with Gasteiger partial charge in [0.05, 0.1) is 18.0 Å². The zero-order valence-corrected chi connectivity index (χ0v) is 12.6. The molecule has 0 aliphatic heterocycles. The van der Waals surface area contributed by atoms with Gasteiger partial charge in [-0.25, -0.2) is 4.98 Å². The summed E-state index contributed by atoms with van der Waals surface area (Å²) in [4.78, 5) is 25.3. The van der Waals surface area contributed by atoms with Crippen molar-refractivity contribution >= 4 is 45.4 Å². The number of ether oxygens (including phenoxy) is 1. The number of rotatable bonds is 6. The molecule has 0 fully saturated rings. The number of nitrogens with zero attached hydrogens (tertiary/aromatic N) is 4. The molecule has 0 amide bonds. The van der Waals surface area contributed by atoms with Crippen molar-refractivity contribution < 1.29 is 14.5 Å². The average molecular weight is 332 g/mol. The number of esters is 1. The van der Waals surface area contributed by atoms with Crippen molar-refractivity contribution in [1.29, 1.82) is 0 Å². The van der Waals surface area contributed by atoms with Crippen LogP contribution in [0.3, 0.4) is 0 Å². The van der Waals surface area contributed by atoms with Gasteiger partial charge in [-0.2, -0.15) is 0 Å². The molecule has 0 aliphatic carbocycles. The van der Waals surface area contributed by atoms with E-state index in [0.717, 1.165) is 11.3 Å². The summed E-state index contributed by atoms with van der Waals surface area (Å²) in [5.74, 6) is -0.356. The van der Waals surface area contributed by atoms with E-state index in [2.05, 4.69) is 15.2 Å². The summed E-state index contributed by atoms with van der Waals surface area (Å²) < 4.78 is 5.90. The standard InChI is InChI=1S/C9H8N4O4S3/c1-2-17-7(14)3-5-11-12-9(18-5)20-8-10-4-6(19-8)13(15)16/h4H,2-3H2,1H3. The maximum absolute atomic E-state index is 11.3. The Morgan fingerprint density at radius 3 is 2.90 bits per heavy atom. The first-order valence-corrected chi connectivity index (χ1v) is 7.79. The third-order valence-corrected chi connectivity index (χ3v) is 4.87. The summed E-state index contributed by atoms with van der Waals surface area (Å²) in [7, 11) is 0. The Balaban J connectivity index is 1.98. The van der Waals surface area contributed by atoms with Gasteiger partial charge in [-0.3, -0.25) is 14.9 Å². The monoisotopic (exact) mass is 332 g/mol. The van der Waals surface area contributed by atoms with E-state index in [1.54, 1.807) is 6.92 Å². The van der Waals surface area contributed by atoms with Gasteiger partial charge in [-0.05, 0) is 30.0 Å². The quantitative estimate of drug-likeness (QED) is 0.450. The van der Waals surface area contributed by atoms with Crippen LogP contribution in [0.15, 0.2) is 14.9 Å². The Morgan fingerprint density at radius 2 is 2.25 bits per heavy atom. The van der Waals surface area contributed by atoms with Gasteiger partial charge in [-0.15, -0.1) is 10.2 Å². The molecule has 0 spiro atoms. The van der Waals surface area contributed by atoms with E-state index < -0.39 is 4.92 Å². The molecule has 2 aromatic rings. The van der Waals surface area contributed by atoms with Crippen molar-refractivity contribution in [3.63, 3.8) is 0 Å². The van der Waals surface area contributed by atoms with Crippen LogP contribution in [-0.4, -0.2) is 32.7 Å². The minimum absolute atomic E-state index is 0.0243. The number of hydrogen-bond acceptors (Lipinski definition) is 10. The molecule has 2 heterocycles. The normalized spacial score (nSPS) is 10.4. The van der Waals surface area contributed by atoms with Crippen LogP contribution in [0.4, 0.5) is 5.00 Å². The van der Waals surface area contributed by atoms with Crippen LogP contribution in [-0.2, 0) is 16.0 Å². The fraction of sp³-hybridized carbons (Fsp3) is 0.333. The van der Waals surface area contributed by atoms with Crippen molar-refractivity contribution in [2.24, 2.45) is 0 Å². The fourth-order valence-electron chi connectivity index (χ4n) is 1.14. The largest absolute Gasteiger partial charge is 0.466 e. The van der Waals surface area contributed by atoms with E-state index in [4.69, 9.17) is 4.74 Å². The maximum atomic E-state index is 11.3. The molecular formula is C9H8N4O4S3. The van der Waals surface area contributed by atoms with Crippen LogP contribution in [0.25, 0.3) is 0 Å². The molecule has 0 bridgehead atoms. The SMILES string of the molecule is CCOC(=O)Cc1nnc(Sc2ncc([N+](=O)[O-])s2)s1. The van der Waals surface area contributed by atoms with Gasteiger partial charge in [0, 0.05) is 0 Å². The summed E-state index contributed by atoms with van der Waals surface area (Å²) in [5.41, 5.74) is 0. The Kier molecular flexibility index (Phi) is 4.98. The van der Waals surface area contributed by atoms with Crippen molar-refractivity contribution in [1.82, 2.24) is 15.2 Å². The molecule has 0 saturated carbocycles. The number of nitro groups is 1. The molecular weight excluding hydrogens is 324 g/mol. The van der Waals surface area contributed by atoms with E-state index >= 15 is 0 Å². The minimum Gasteiger partial charge on any atom is -0.466 e. The summed E-state index contributed by atoms with van der Waals surface area (Å²) in [6.07, 6.45) is 1.28. The lowest BCUT2D eigenvalue weighted by atomic mass is 10.5. The van der Waals surface area contributed by atoms with Crippen LogP contribution in [0.1, 0.15) is 11.9 Å². The molecule has 20 heavy (non-hydrogen) atoms. The lowest BCUT2D eigenvalue weighted by molar-refractivity contribution is -0.380. The lowest BCUT2D eigenvalue weighted by Gasteiger charge is -1.96. The zero-order valence-electron chi connectivity index (χ0n) is 10.1. The molecule has 0 unspecified atom stereocenters. The van der Waals surface area contributed by atoms with Crippen LogP contribution >= 0.6 is 34.4 Å². The highest BCUT2D eigenvalue weighted by Gasteiger charge is 2.15. The number of hydrogen-bond donors (Lipinski definition) is 0. The molecule has 8 nitrogen and oxygen atoms in total. The summed E-state index contributed by atoms with van der Waals surface area (Å²) in [5, 5.41) is 18.8. The molecule has 0 atom stereocenters. The van der Waals surface area contributed by atoms with E-state index in [9.17, 15) is 14.9 Å². The predicted octanol–water partition coefficient (Wildman–Crippen LogP) is 2.16. The smallest absolute Gasteiger partial charge is 0.344 e. The third-order valence-electron chi connectivity index (χ3n) is 1.88. The highest BCUT2D eigenvalue weighted by molar-refractivity contribution is 8.02. The number of thiazole rings is 1. The first-order valence-electron chi connectivity index (χ1n) is 5.34. The number of aromatic nitrogens is 3. The first kappa shape index (κ1) is 14.8. The second-order valence-electron chi connectivity index (χ2n) is 3.27. The minimum atomic E-state index is -0.492.